The number of aromatic nitrogens is 2. The summed E-state index contributed by atoms with van der Waals surface area (Å²) >= 11 is 0. The quantitative estimate of drug-likeness (QED) is 0.672. The molecule has 0 spiro atoms. The van der Waals surface area contributed by atoms with Crippen molar-refractivity contribution in [3.8, 4) is 11.3 Å². The number of rotatable bonds is 6. The van der Waals surface area contributed by atoms with Crippen LogP contribution < -0.4 is 16.2 Å². The van der Waals surface area contributed by atoms with E-state index in [0.29, 0.717) is 11.3 Å². The fraction of sp³-hybridized carbons (Fsp3) is 0.143. The third kappa shape index (κ3) is 4.92. The molecule has 29 heavy (non-hydrogen) atoms. The van der Waals surface area contributed by atoms with Crippen LogP contribution in [0.25, 0.3) is 11.3 Å². The van der Waals surface area contributed by atoms with Gasteiger partial charge >= 0.3 is 0 Å². The maximum atomic E-state index is 13.8. The zero-order valence-electron chi connectivity index (χ0n) is 15.7. The number of benzene rings is 2. The minimum atomic E-state index is -0.629. The molecule has 2 amide bonds. The summed E-state index contributed by atoms with van der Waals surface area (Å²) in [5.41, 5.74) is 0.516. The summed E-state index contributed by atoms with van der Waals surface area (Å²) in [6.07, 6.45) is 0.191. The molecule has 0 aliphatic rings. The second-order valence-corrected chi connectivity index (χ2v) is 6.20. The van der Waals surface area contributed by atoms with Crippen LogP contribution in [0.15, 0.2) is 65.5 Å². The van der Waals surface area contributed by atoms with Gasteiger partial charge in [0.2, 0.25) is 11.8 Å². The second-order valence-electron chi connectivity index (χ2n) is 6.20. The van der Waals surface area contributed by atoms with Crippen molar-refractivity contribution in [2.24, 2.45) is 0 Å². The van der Waals surface area contributed by atoms with E-state index in [0.717, 1.165) is 4.68 Å². The van der Waals surface area contributed by atoms with Gasteiger partial charge in [-0.2, -0.15) is 5.10 Å². The van der Waals surface area contributed by atoms with Gasteiger partial charge in [0, 0.05) is 12.0 Å². The summed E-state index contributed by atoms with van der Waals surface area (Å²) < 4.78 is 14.7. The van der Waals surface area contributed by atoms with Crippen molar-refractivity contribution in [3.63, 3.8) is 0 Å². The molecule has 1 aromatic heterocycles. The minimum absolute atomic E-state index is 0.00396. The maximum absolute atomic E-state index is 13.8. The molecule has 0 saturated heterocycles. The van der Waals surface area contributed by atoms with Crippen molar-refractivity contribution in [2.45, 2.75) is 19.9 Å². The van der Waals surface area contributed by atoms with Gasteiger partial charge < -0.3 is 10.6 Å². The summed E-state index contributed by atoms with van der Waals surface area (Å²) in [5, 5.41) is 9.19. The molecule has 1 heterocycles. The van der Waals surface area contributed by atoms with Crippen LogP contribution >= 0.6 is 0 Å². The first kappa shape index (κ1) is 19.9. The summed E-state index contributed by atoms with van der Waals surface area (Å²) in [7, 11) is 0. The monoisotopic (exact) mass is 394 g/mol. The Morgan fingerprint density at radius 1 is 0.966 bits per heavy atom. The van der Waals surface area contributed by atoms with Crippen LogP contribution in [0.3, 0.4) is 0 Å². The van der Waals surface area contributed by atoms with Crippen LogP contribution in [-0.4, -0.2) is 21.6 Å². The smallest absolute Gasteiger partial charge is 0.291 e. The summed E-state index contributed by atoms with van der Waals surface area (Å²) in [5.74, 6) is -1.55. The van der Waals surface area contributed by atoms with Gasteiger partial charge in [-0.3, -0.25) is 14.4 Å². The van der Waals surface area contributed by atoms with Crippen molar-refractivity contribution < 1.29 is 14.0 Å². The average molecular weight is 394 g/mol. The highest BCUT2D eigenvalue weighted by atomic mass is 19.1. The highest BCUT2D eigenvalue weighted by Gasteiger charge is 2.15. The molecular weight excluding hydrogens is 375 g/mol. The molecular formula is C21H19FN4O3. The Morgan fingerprint density at radius 2 is 1.62 bits per heavy atom. The fourth-order valence-corrected chi connectivity index (χ4v) is 2.62. The van der Waals surface area contributed by atoms with Crippen LogP contribution in [-0.2, 0) is 16.1 Å². The summed E-state index contributed by atoms with van der Waals surface area (Å²) in [4.78, 5) is 36.8. The molecule has 8 heteroatoms. The maximum Gasteiger partial charge on any atom is 0.291 e. The van der Waals surface area contributed by atoms with E-state index < -0.39 is 23.8 Å². The predicted molar refractivity (Wildman–Crippen MR) is 108 cm³/mol. The van der Waals surface area contributed by atoms with Crippen LogP contribution in [0.1, 0.15) is 13.3 Å². The van der Waals surface area contributed by atoms with Gasteiger partial charge in [-0.15, -0.1) is 0 Å². The summed E-state index contributed by atoms with van der Waals surface area (Å²) in [6, 6.07) is 16.2. The first-order valence-electron chi connectivity index (χ1n) is 8.99. The van der Waals surface area contributed by atoms with Gasteiger partial charge in [-0.05, 0) is 18.2 Å². The van der Waals surface area contributed by atoms with Gasteiger partial charge in [0.05, 0.1) is 11.4 Å². The van der Waals surface area contributed by atoms with E-state index in [1.54, 1.807) is 25.1 Å². The van der Waals surface area contributed by atoms with E-state index in [9.17, 15) is 18.8 Å². The van der Waals surface area contributed by atoms with Gasteiger partial charge in [-0.1, -0.05) is 49.4 Å². The molecule has 0 radical (unpaired) electrons. The molecule has 148 valence electrons. The van der Waals surface area contributed by atoms with Gasteiger partial charge in [-0.25, -0.2) is 9.07 Å². The third-order valence-electron chi connectivity index (χ3n) is 4.08. The number of hydrogen-bond acceptors (Lipinski definition) is 4. The molecule has 0 saturated carbocycles. The minimum Gasteiger partial charge on any atom is -0.322 e. The zero-order chi connectivity index (χ0) is 20.8. The molecule has 3 aromatic rings. The molecule has 0 fully saturated rings. The average Bonchev–Trinajstić information content (AvgIpc) is 2.73. The van der Waals surface area contributed by atoms with E-state index in [4.69, 9.17) is 0 Å². The number of carbonyl (C=O) groups is 2. The number of anilines is 2. The standard InChI is InChI=1S/C21H19FN4O3/c1-2-19(27)24-18-12-17(14-8-4-3-5-9-14)25-26(21(18)29)13-20(28)23-16-11-7-6-10-15(16)22/h3-12H,2,13H2,1H3,(H,23,28)(H,24,27). The number of para-hydroxylation sites is 1. The topological polar surface area (TPSA) is 93.1 Å². The lowest BCUT2D eigenvalue weighted by atomic mass is 10.1. The van der Waals surface area contributed by atoms with Crippen molar-refractivity contribution >= 4 is 23.2 Å². The van der Waals surface area contributed by atoms with Gasteiger partial charge in [0.15, 0.2) is 0 Å². The van der Waals surface area contributed by atoms with Crippen LogP contribution in [0, 0.1) is 5.82 Å². The normalized spacial score (nSPS) is 10.4. The molecule has 0 atom stereocenters. The van der Waals surface area contributed by atoms with Crippen molar-refractivity contribution in [2.75, 3.05) is 10.6 Å². The Kier molecular flexibility index (Phi) is 6.13. The number of nitrogens with one attached hydrogen (secondary N) is 2. The molecule has 0 aliphatic heterocycles. The highest BCUT2D eigenvalue weighted by molar-refractivity contribution is 5.92. The summed E-state index contributed by atoms with van der Waals surface area (Å²) in [6.45, 7) is 1.22. The number of carbonyl (C=O) groups excluding carboxylic acids is 2. The molecule has 0 aliphatic carbocycles. The largest absolute Gasteiger partial charge is 0.322 e. The zero-order valence-corrected chi connectivity index (χ0v) is 15.7. The van der Waals surface area contributed by atoms with Crippen LogP contribution in [0.2, 0.25) is 0 Å². The fourth-order valence-electron chi connectivity index (χ4n) is 2.62. The highest BCUT2D eigenvalue weighted by Crippen LogP contribution is 2.18. The lowest BCUT2D eigenvalue weighted by Gasteiger charge is -2.12. The van der Waals surface area contributed by atoms with Crippen molar-refractivity contribution in [1.82, 2.24) is 9.78 Å². The van der Waals surface area contributed by atoms with E-state index in [2.05, 4.69) is 15.7 Å². The van der Waals surface area contributed by atoms with Crippen LogP contribution in [0.5, 0.6) is 0 Å². The number of hydrogen-bond donors (Lipinski definition) is 2. The second kappa shape index (κ2) is 8.92. The first-order valence-corrected chi connectivity index (χ1v) is 8.99. The van der Waals surface area contributed by atoms with E-state index in [1.807, 2.05) is 18.2 Å². The Hall–Kier alpha value is -3.81. The Morgan fingerprint density at radius 3 is 2.31 bits per heavy atom. The Labute approximate surface area is 166 Å². The third-order valence-corrected chi connectivity index (χ3v) is 4.08. The Bertz CT molecular complexity index is 1100. The molecule has 0 bridgehead atoms. The predicted octanol–water partition coefficient (Wildman–Crippen LogP) is 3.04. The molecule has 2 aromatic carbocycles. The SMILES string of the molecule is CCC(=O)Nc1cc(-c2ccccc2)nn(CC(=O)Nc2ccccc2F)c1=O. The van der Waals surface area contributed by atoms with Crippen molar-refractivity contribution in [3.05, 3.63) is 76.8 Å². The van der Waals surface area contributed by atoms with E-state index in [1.165, 1.54) is 24.3 Å². The molecule has 0 unspecified atom stereocenters. The van der Waals surface area contributed by atoms with Gasteiger partial charge in [0.25, 0.3) is 5.56 Å². The lowest BCUT2D eigenvalue weighted by molar-refractivity contribution is -0.117. The molecule has 3 rings (SSSR count). The van der Waals surface area contributed by atoms with Crippen molar-refractivity contribution in [1.29, 1.82) is 0 Å². The van der Waals surface area contributed by atoms with E-state index in [-0.39, 0.29) is 23.7 Å². The molecule has 2 N–H and O–H groups in total. The van der Waals surface area contributed by atoms with Crippen LogP contribution in [0.4, 0.5) is 15.8 Å². The number of nitrogens with zero attached hydrogens (tertiary/aromatic N) is 2. The number of amides is 2. The first-order chi connectivity index (χ1) is 14.0. The Balaban J connectivity index is 1.95. The molecule has 7 nitrogen and oxygen atoms in total. The van der Waals surface area contributed by atoms with Gasteiger partial charge in [0.1, 0.15) is 18.0 Å². The number of halogens is 1. The van der Waals surface area contributed by atoms with E-state index >= 15 is 0 Å². The lowest BCUT2D eigenvalue weighted by Crippen LogP contribution is -2.32.